The summed E-state index contributed by atoms with van der Waals surface area (Å²) >= 11 is 0. The summed E-state index contributed by atoms with van der Waals surface area (Å²) in [5, 5.41) is 10.4. The van der Waals surface area contributed by atoms with Gasteiger partial charge < -0.3 is 19.3 Å². The molecule has 0 spiro atoms. The lowest BCUT2D eigenvalue weighted by molar-refractivity contribution is -0.169. The molecular weight excluding hydrogens is 304 g/mol. The fraction of sp³-hybridized carbons (Fsp3) is 0.438. The Morgan fingerprint density at radius 1 is 0.739 bits per heavy atom. The number of hydrogen-bond donors (Lipinski definition) is 1. The normalized spacial score (nSPS) is 12.0. The van der Waals surface area contributed by atoms with Gasteiger partial charge in [-0.2, -0.15) is 0 Å². The van der Waals surface area contributed by atoms with Gasteiger partial charge in [0.25, 0.3) is 0 Å². The summed E-state index contributed by atoms with van der Waals surface area (Å²) in [7, 11) is 0. The number of aliphatic hydroxyl groups is 1. The van der Waals surface area contributed by atoms with E-state index >= 15 is 0 Å². The summed E-state index contributed by atoms with van der Waals surface area (Å²) in [4.78, 5) is 33.9. The first kappa shape index (κ1) is 20.6. The lowest BCUT2D eigenvalue weighted by Gasteiger charge is -2.26. The maximum Gasteiger partial charge on any atom is 0.330 e. The number of allylic oxidation sites excluding steroid dienone is 3. The minimum absolute atomic E-state index is 0.498. The van der Waals surface area contributed by atoms with Gasteiger partial charge >= 0.3 is 17.9 Å². The molecule has 0 saturated heterocycles. The van der Waals surface area contributed by atoms with E-state index in [1.165, 1.54) is 18.2 Å². The molecule has 0 heterocycles. The quantitative estimate of drug-likeness (QED) is 0.384. The molecule has 23 heavy (non-hydrogen) atoms. The lowest BCUT2D eigenvalue weighted by Crippen LogP contribution is -2.45. The van der Waals surface area contributed by atoms with Gasteiger partial charge in [-0.25, -0.2) is 14.4 Å². The van der Waals surface area contributed by atoms with Crippen molar-refractivity contribution >= 4 is 17.9 Å². The van der Waals surface area contributed by atoms with Gasteiger partial charge in [0, 0.05) is 18.2 Å². The molecule has 0 aromatic heterocycles. The summed E-state index contributed by atoms with van der Waals surface area (Å²) in [6.07, 6.45) is 7.91. The van der Waals surface area contributed by atoms with Crippen LogP contribution in [0.3, 0.4) is 0 Å². The average molecular weight is 326 g/mol. The van der Waals surface area contributed by atoms with Gasteiger partial charge in [0.15, 0.2) is 5.60 Å². The molecule has 0 saturated carbocycles. The fourth-order valence-electron chi connectivity index (χ4n) is 1.29. The van der Waals surface area contributed by atoms with Gasteiger partial charge in [0.2, 0.25) is 0 Å². The summed E-state index contributed by atoms with van der Waals surface area (Å²) in [6.45, 7) is 3.40. The van der Waals surface area contributed by atoms with Crippen molar-refractivity contribution in [2.24, 2.45) is 0 Å². The van der Waals surface area contributed by atoms with E-state index in [9.17, 15) is 19.5 Å². The Morgan fingerprint density at radius 3 is 1.22 bits per heavy atom. The fourth-order valence-corrected chi connectivity index (χ4v) is 1.29. The van der Waals surface area contributed by atoms with Crippen LogP contribution in [-0.2, 0) is 28.6 Å². The van der Waals surface area contributed by atoms with Gasteiger partial charge in [-0.3, -0.25) is 0 Å². The Labute approximate surface area is 135 Å². The maximum absolute atomic E-state index is 11.3. The zero-order valence-electron chi connectivity index (χ0n) is 13.5. The van der Waals surface area contributed by atoms with Gasteiger partial charge in [-0.1, -0.05) is 18.2 Å². The first-order valence-electron chi connectivity index (χ1n) is 6.97. The van der Waals surface area contributed by atoms with Crippen LogP contribution in [-0.4, -0.2) is 48.4 Å². The zero-order valence-corrected chi connectivity index (χ0v) is 13.5. The summed E-state index contributed by atoms with van der Waals surface area (Å²) in [6, 6.07) is 0. The predicted molar refractivity (Wildman–Crippen MR) is 82.3 cm³/mol. The number of hydrogen-bond acceptors (Lipinski definition) is 7. The van der Waals surface area contributed by atoms with Crippen LogP contribution in [0.15, 0.2) is 36.5 Å². The van der Waals surface area contributed by atoms with E-state index in [4.69, 9.17) is 14.2 Å². The van der Waals surface area contributed by atoms with Gasteiger partial charge in [-0.15, -0.1) is 0 Å². The van der Waals surface area contributed by atoms with E-state index < -0.39 is 43.3 Å². The third kappa shape index (κ3) is 10.0. The molecule has 0 fully saturated rings. The molecule has 0 aliphatic carbocycles. The lowest BCUT2D eigenvalue weighted by atomic mass is 10.1. The van der Waals surface area contributed by atoms with Crippen molar-refractivity contribution < 1.29 is 33.7 Å². The molecule has 0 aromatic carbocycles. The molecule has 1 N–H and O–H groups in total. The molecule has 0 unspecified atom stereocenters. The molecular formula is C16H22O7. The molecule has 0 aliphatic rings. The number of esters is 3. The van der Waals surface area contributed by atoms with E-state index in [1.54, 1.807) is 20.8 Å². The van der Waals surface area contributed by atoms with Gasteiger partial charge in [-0.05, 0) is 20.8 Å². The summed E-state index contributed by atoms with van der Waals surface area (Å²) < 4.78 is 14.5. The maximum atomic E-state index is 11.3. The molecule has 0 aromatic rings. The molecule has 128 valence electrons. The van der Waals surface area contributed by atoms with Crippen molar-refractivity contribution in [1.82, 2.24) is 0 Å². The highest BCUT2D eigenvalue weighted by Crippen LogP contribution is 2.09. The van der Waals surface area contributed by atoms with Crippen LogP contribution in [0.4, 0.5) is 0 Å². The van der Waals surface area contributed by atoms with Crippen LogP contribution in [0, 0.1) is 0 Å². The first-order valence-corrected chi connectivity index (χ1v) is 6.97. The van der Waals surface area contributed by atoms with E-state index in [2.05, 4.69) is 0 Å². The molecule has 0 bridgehead atoms. The smallest absolute Gasteiger partial charge is 0.330 e. The molecule has 0 amide bonds. The highest BCUT2D eigenvalue weighted by molar-refractivity contribution is 5.82. The van der Waals surface area contributed by atoms with Crippen molar-refractivity contribution in [3.05, 3.63) is 36.5 Å². The second-order valence-corrected chi connectivity index (χ2v) is 4.55. The Bertz CT molecular complexity index is 419. The van der Waals surface area contributed by atoms with Crippen LogP contribution in [0.5, 0.6) is 0 Å². The zero-order chi connectivity index (χ0) is 17.7. The van der Waals surface area contributed by atoms with Crippen LogP contribution < -0.4 is 0 Å². The second-order valence-electron chi connectivity index (χ2n) is 4.55. The average Bonchev–Trinajstić information content (AvgIpc) is 2.50. The molecule has 7 nitrogen and oxygen atoms in total. The summed E-state index contributed by atoms with van der Waals surface area (Å²) in [5.41, 5.74) is -1.84. The highest BCUT2D eigenvalue weighted by Gasteiger charge is 2.32. The Hall–Kier alpha value is -2.41. The minimum atomic E-state index is -1.84. The SMILES string of the molecule is C/C=C/C(=O)OCC(O)(COC(=O)/C=C/C)COC(=O)/C=C/C. The molecule has 0 aliphatic heterocycles. The highest BCUT2D eigenvalue weighted by atomic mass is 16.6. The Kier molecular flexibility index (Phi) is 10.0. The predicted octanol–water partition coefficient (Wildman–Crippen LogP) is 1.08. The number of ether oxygens (including phenoxy) is 3. The molecule has 0 rings (SSSR count). The van der Waals surface area contributed by atoms with Crippen LogP contribution >= 0.6 is 0 Å². The third-order valence-corrected chi connectivity index (χ3v) is 2.36. The van der Waals surface area contributed by atoms with Crippen LogP contribution in [0.25, 0.3) is 0 Å². The Morgan fingerprint density at radius 2 is 1.00 bits per heavy atom. The van der Waals surface area contributed by atoms with Crippen LogP contribution in [0.1, 0.15) is 20.8 Å². The number of rotatable bonds is 9. The van der Waals surface area contributed by atoms with E-state index in [0.717, 1.165) is 18.2 Å². The molecule has 7 heteroatoms. The van der Waals surface area contributed by atoms with E-state index in [1.807, 2.05) is 0 Å². The van der Waals surface area contributed by atoms with E-state index in [0.29, 0.717) is 0 Å². The monoisotopic (exact) mass is 326 g/mol. The minimum Gasteiger partial charge on any atom is -0.459 e. The van der Waals surface area contributed by atoms with Crippen molar-refractivity contribution in [3.8, 4) is 0 Å². The van der Waals surface area contributed by atoms with Gasteiger partial charge in [0.05, 0.1) is 0 Å². The number of carbonyl (C=O) groups excluding carboxylic acids is 3. The van der Waals surface area contributed by atoms with Crippen molar-refractivity contribution in [2.45, 2.75) is 26.4 Å². The molecule has 0 radical (unpaired) electrons. The van der Waals surface area contributed by atoms with Crippen LogP contribution in [0.2, 0.25) is 0 Å². The summed E-state index contributed by atoms with van der Waals surface area (Å²) in [5.74, 6) is -2.03. The second kappa shape index (κ2) is 11.2. The van der Waals surface area contributed by atoms with E-state index in [-0.39, 0.29) is 0 Å². The van der Waals surface area contributed by atoms with Crippen molar-refractivity contribution in [3.63, 3.8) is 0 Å². The van der Waals surface area contributed by atoms with Crippen molar-refractivity contribution in [2.75, 3.05) is 19.8 Å². The standard InChI is InChI=1S/C16H22O7/c1-4-7-13(17)21-10-16(20,11-22-14(18)8-5-2)12-23-15(19)9-6-3/h4-9,20H,10-12H2,1-3H3/b7-4+,8-5+,9-6+. The number of carbonyl (C=O) groups is 3. The Balaban J connectivity index is 4.76. The van der Waals surface area contributed by atoms with Crippen molar-refractivity contribution in [1.29, 1.82) is 0 Å². The largest absolute Gasteiger partial charge is 0.459 e. The third-order valence-electron chi connectivity index (χ3n) is 2.36. The molecule has 0 atom stereocenters. The topological polar surface area (TPSA) is 99.1 Å². The first-order chi connectivity index (χ1) is 10.9. The van der Waals surface area contributed by atoms with Gasteiger partial charge in [0.1, 0.15) is 19.8 Å².